The molecule has 1 aromatic rings. The van der Waals surface area contributed by atoms with E-state index in [2.05, 4.69) is 0 Å². The molecule has 0 aromatic heterocycles. The van der Waals surface area contributed by atoms with Gasteiger partial charge < -0.3 is 19.1 Å². The van der Waals surface area contributed by atoms with Crippen LogP contribution in [0.2, 0.25) is 0 Å². The van der Waals surface area contributed by atoms with Gasteiger partial charge in [-0.05, 0) is 5.56 Å². The first-order valence-electron chi connectivity index (χ1n) is 7.40. The monoisotopic (exact) mass is 363 g/mol. The van der Waals surface area contributed by atoms with Crippen molar-refractivity contribution in [3.05, 3.63) is 35.9 Å². The fraction of sp³-hybridized carbons (Fsp3) is 0.562. The maximum Gasteiger partial charge on any atom is 0.256 e. The number of hydrogen-bond donors (Lipinski definition) is 0. The highest BCUT2D eigenvalue weighted by Crippen LogP contribution is 2.11. The molecule has 0 unspecified atom stereocenters. The molecule has 0 aliphatic carbocycles. The van der Waals surface area contributed by atoms with Gasteiger partial charge in [-0.2, -0.15) is 0 Å². The zero-order chi connectivity index (χ0) is 16.9. The molecule has 0 fully saturated rings. The summed E-state index contributed by atoms with van der Waals surface area (Å²) >= 11 is 11.4. The average Bonchev–Trinajstić information content (AvgIpc) is 2.56. The quantitative estimate of drug-likeness (QED) is 0.422. The smallest absolute Gasteiger partial charge is 0.256 e. The molecule has 0 atom stereocenters. The molecule has 23 heavy (non-hydrogen) atoms. The number of benzene rings is 1. The van der Waals surface area contributed by atoms with Crippen LogP contribution in [-0.4, -0.2) is 62.3 Å². The Bertz CT molecular complexity index is 431. The second-order valence-corrected chi connectivity index (χ2v) is 5.86. The zero-order valence-corrected chi connectivity index (χ0v) is 14.8. The van der Waals surface area contributed by atoms with Crippen molar-refractivity contribution < 1.29 is 19.0 Å². The van der Waals surface area contributed by atoms with Gasteiger partial charge in [-0.15, -0.1) is 0 Å². The summed E-state index contributed by atoms with van der Waals surface area (Å²) in [5, 5.41) is 0. The molecule has 0 bridgehead atoms. The van der Waals surface area contributed by atoms with Crippen molar-refractivity contribution in [2.75, 3.05) is 46.7 Å². The highest BCUT2D eigenvalue weighted by Gasteiger charge is 2.20. The first-order valence-corrected chi connectivity index (χ1v) is 8.27. The van der Waals surface area contributed by atoms with Crippen LogP contribution in [0.1, 0.15) is 5.56 Å². The predicted octanol–water partition coefficient (Wildman–Crippen LogP) is 2.50. The van der Waals surface area contributed by atoms with Crippen molar-refractivity contribution in [2.45, 2.75) is 11.4 Å². The van der Waals surface area contributed by atoms with Gasteiger partial charge in [0.2, 0.25) is 0 Å². The summed E-state index contributed by atoms with van der Waals surface area (Å²) in [6.07, 6.45) is 0. The standard InChI is InChI=1S/C16H23Cl2NO4/c1-21-9-10-23-12-11-22-8-7-19(16(20)15(17)18)13-14-5-3-2-4-6-14/h2-6,15H,7-13H2,1H3. The maximum atomic E-state index is 12.1. The number of amides is 1. The minimum Gasteiger partial charge on any atom is -0.382 e. The van der Waals surface area contributed by atoms with Crippen molar-refractivity contribution >= 4 is 29.1 Å². The molecular formula is C16H23Cl2NO4. The molecule has 0 aliphatic heterocycles. The molecule has 5 nitrogen and oxygen atoms in total. The molecular weight excluding hydrogens is 341 g/mol. The lowest BCUT2D eigenvalue weighted by Gasteiger charge is -2.23. The number of methoxy groups -OCH3 is 1. The van der Waals surface area contributed by atoms with Crippen LogP contribution in [0.15, 0.2) is 30.3 Å². The molecule has 130 valence electrons. The average molecular weight is 364 g/mol. The van der Waals surface area contributed by atoms with Crippen molar-refractivity contribution in [3.63, 3.8) is 0 Å². The van der Waals surface area contributed by atoms with Crippen LogP contribution in [0.4, 0.5) is 0 Å². The second-order valence-electron chi connectivity index (χ2n) is 4.76. The maximum absolute atomic E-state index is 12.1. The molecule has 1 aromatic carbocycles. The minimum atomic E-state index is -1.07. The summed E-state index contributed by atoms with van der Waals surface area (Å²) < 4.78 is 15.6. The van der Waals surface area contributed by atoms with Crippen LogP contribution in [0, 0.1) is 0 Å². The van der Waals surface area contributed by atoms with E-state index in [1.807, 2.05) is 30.3 Å². The lowest BCUT2D eigenvalue weighted by Crippen LogP contribution is -2.37. The van der Waals surface area contributed by atoms with Crippen molar-refractivity contribution in [3.8, 4) is 0 Å². The van der Waals surface area contributed by atoms with Gasteiger partial charge in [0.15, 0.2) is 4.84 Å². The summed E-state index contributed by atoms with van der Waals surface area (Å²) in [5.74, 6) is -0.322. The van der Waals surface area contributed by atoms with Gasteiger partial charge >= 0.3 is 0 Å². The number of halogens is 2. The lowest BCUT2D eigenvalue weighted by molar-refractivity contribution is -0.130. The highest BCUT2D eigenvalue weighted by molar-refractivity contribution is 6.53. The van der Waals surface area contributed by atoms with Gasteiger partial charge in [-0.25, -0.2) is 0 Å². The molecule has 0 heterocycles. The van der Waals surface area contributed by atoms with Crippen molar-refractivity contribution in [1.29, 1.82) is 0 Å². The van der Waals surface area contributed by atoms with Gasteiger partial charge in [-0.3, -0.25) is 4.79 Å². The Hall–Kier alpha value is -0.850. The summed E-state index contributed by atoms with van der Waals surface area (Å²) in [6.45, 7) is 3.31. The number of nitrogens with zero attached hydrogens (tertiary/aromatic N) is 1. The van der Waals surface area contributed by atoms with E-state index in [0.717, 1.165) is 5.56 Å². The van der Waals surface area contributed by atoms with E-state index < -0.39 is 4.84 Å². The van der Waals surface area contributed by atoms with E-state index in [0.29, 0.717) is 46.1 Å². The van der Waals surface area contributed by atoms with E-state index in [9.17, 15) is 4.79 Å². The fourth-order valence-electron chi connectivity index (χ4n) is 1.85. The van der Waals surface area contributed by atoms with Crippen LogP contribution in [0.3, 0.4) is 0 Å². The highest BCUT2D eigenvalue weighted by atomic mass is 35.5. The Balaban J connectivity index is 2.32. The van der Waals surface area contributed by atoms with E-state index >= 15 is 0 Å². The summed E-state index contributed by atoms with van der Waals surface area (Å²) in [4.78, 5) is 12.6. The molecule has 0 spiro atoms. The number of carbonyl (C=O) groups excluding carboxylic acids is 1. The van der Waals surface area contributed by atoms with E-state index in [-0.39, 0.29) is 5.91 Å². The topological polar surface area (TPSA) is 48.0 Å². The van der Waals surface area contributed by atoms with Crippen LogP contribution < -0.4 is 0 Å². The Morgan fingerprint density at radius 1 is 1.04 bits per heavy atom. The Kier molecular flexibility index (Phi) is 11.0. The zero-order valence-electron chi connectivity index (χ0n) is 13.2. The largest absolute Gasteiger partial charge is 0.382 e. The molecule has 0 saturated heterocycles. The third kappa shape index (κ3) is 9.13. The Morgan fingerprint density at radius 2 is 1.65 bits per heavy atom. The molecule has 0 aliphatic rings. The lowest BCUT2D eigenvalue weighted by atomic mass is 10.2. The van der Waals surface area contributed by atoms with Gasteiger partial charge in [0.25, 0.3) is 5.91 Å². The van der Waals surface area contributed by atoms with Gasteiger partial charge in [0.05, 0.1) is 33.0 Å². The second kappa shape index (κ2) is 12.6. The number of carbonyl (C=O) groups is 1. The van der Waals surface area contributed by atoms with Gasteiger partial charge in [-0.1, -0.05) is 53.5 Å². The predicted molar refractivity (Wildman–Crippen MR) is 90.9 cm³/mol. The third-order valence-electron chi connectivity index (χ3n) is 3.02. The SMILES string of the molecule is COCCOCCOCCN(Cc1ccccc1)C(=O)C(Cl)Cl. The van der Waals surface area contributed by atoms with Crippen molar-refractivity contribution in [1.82, 2.24) is 4.90 Å². The van der Waals surface area contributed by atoms with Gasteiger partial charge in [0, 0.05) is 20.2 Å². The van der Waals surface area contributed by atoms with Gasteiger partial charge in [0.1, 0.15) is 0 Å². The molecule has 0 saturated carbocycles. The fourth-order valence-corrected chi connectivity index (χ4v) is 2.12. The summed E-state index contributed by atoms with van der Waals surface area (Å²) in [7, 11) is 1.62. The van der Waals surface area contributed by atoms with Crippen molar-refractivity contribution in [2.24, 2.45) is 0 Å². The summed E-state index contributed by atoms with van der Waals surface area (Å²) in [5.41, 5.74) is 1.01. The molecule has 0 radical (unpaired) electrons. The number of alkyl halides is 2. The van der Waals surface area contributed by atoms with Crippen LogP contribution >= 0.6 is 23.2 Å². The van der Waals surface area contributed by atoms with E-state index in [1.54, 1.807) is 12.0 Å². The van der Waals surface area contributed by atoms with Crippen LogP contribution in [0.5, 0.6) is 0 Å². The number of ether oxygens (including phenoxy) is 3. The molecule has 0 N–H and O–H groups in total. The summed E-state index contributed by atoms with van der Waals surface area (Å²) in [6, 6.07) is 9.66. The van der Waals surface area contributed by atoms with E-state index in [1.165, 1.54) is 0 Å². The first kappa shape index (κ1) is 20.2. The van der Waals surface area contributed by atoms with Crippen LogP contribution in [0.25, 0.3) is 0 Å². The Labute approximate surface area is 147 Å². The third-order valence-corrected chi connectivity index (χ3v) is 3.40. The van der Waals surface area contributed by atoms with E-state index in [4.69, 9.17) is 37.4 Å². The number of hydrogen-bond acceptors (Lipinski definition) is 4. The normalized spacial score (nSPS) is 11.0. The number of rotatable bonds is 12. The minimum absolute atomic E-state index is 0.322. The van der Waals surface area contributed by atoms with Crippen LogP contribution in [-0.2, 0) is 25.5 Å². The molecule has 7 heteroatoms. The Morgan fingerprint density at radius 3 is 2.26 bits per heavy atom. The molecule has 1 rings (SSSR count). The first-order chi connectivity index (χ1) is 11.1. The molecule has 1 amide bonds.